The van der Waals surface area contributed by atoms with Gasteiger partial charge in [0.2, 0.25) is 5.91 Å². The highest BCUT2D eigenvalue weighted by Gasteiger charge is 2.44. The van der Waals surface area contributed by atoms with E-state index in [0.717, 1.165) is 36.3 Å². The molecule has 1 saturated heterocycles. The van der Waals surface area contributed by atoms with Crippen LogP contribution in [-0.4, -0.2) is 37.0 Å². The minimum Gasteiger partial charge on any atom is -0.494 e. The zero-order valence-corrected chi connectivity index (χ0v) is 12.7. The lowest BCUT2D eigenvalue weighted by molar-refractivity contribution is -0.114. The molecule has 4 heteroatoms. The van der Waals surface area contributed by atoms with E-state index in [1.54, 1.807) is 0 Å². The van der Waals surface area contributed by atoms with E-state index in [4.69, 9.17) is 4.74 Å². The molecular weight excluding hydrogens is 264 g/mol. The lowest BCUT2D eigenvalue weighted by Crippen LogP contribution is -2.24. The molecule has 3 rings (SSSR count). The van der Waals surface area contributed by atoms with Crippen LogP contribution in [0.4, 0.5) is 5.69 Å². The maximum atomic E-state index is 10.9. The van der Waals surface area contributed by atoms with E-state index in [0.29, 0.717) is 0 Å². The minimum absolute atomic E-state index is 0.0526. The molecule has 2 atom stereocenters. The smallest absolute Gasteiger partial charge is 0.221 e. The first kappa shape index (κ1) is 14.4. The summed E-state index contributed by atoms with van der Waals surface area (Å²) in [5.74, 6) is 2.88. The topological polar surface area (TPSA) is 41.6 Å². The number of nitrogens with zero attached hydrogens (tertiary/aromatic N) is 1. The second-order valence-electron chi connectivity index (χ2n) is 6.28. The molecule has 114 valence electrons. The minimum atomic E-state index is -0.0526. The molecule has 1 aliphatic carbocycles. The van der Waals surface area contributed by atoms with E-state index in [1.807, 2.05) is 24.3 Å². The van der Waals surface area contributed by atoms with Gasteiger partial charge in [0, 0.05) is 25.7 Å². The van der Waals surface area contributed by atoms with Gasteiger partial charge in [-0.3, -0.25) is 4.79 Å². The molecule has 0 aromatic heterocycles. The van der Waals surface area contributed by atoms with Crippen LogP contribution in [0, 0.1) is 11.8 Å². The van der Waals surface area contributed by atoms with Crippen LogP contribution in [0.15, 0.2) is 24.3 Å². The highest BCUT2D eigenvalue weighted by atomic mass is 16.5. The maximum absolute atomic E-state index is 10.9. The fourth-order valence-corrected chi connectivity index (χ4v) is 3.14. The molecule has 1 aromatic carbocycles. The maximum Gasteiger partial charge on any atom is 0.221 e. The van der Waals surface area contributed by atoms with Crippen molar-refractivity contribution < 1.29 is 9.53 Å². The van der Waals surface area contributed by atoms with E-state index in [-0.39, 0.29) is 5.91 Å². The summed E-state index contributed by atoms with van der Waals surface area (Å²) >= 11 is 0. The summed E-state index contributed by atoms with van der Waals surface area (Å²) in [5.41, 5.74) is 0.808. The molecule has 1 amide bonds. The molecule has 2 unspecified atom stereocenters. The first-order valence-electron chi connectivity index (χ1n) is 7.93. The van der Waals surface area contributed by atoms with Crippen LogP contribution in [0.25, 0.3) is 0 Å². The standard InChI is InChI=1S/C17H24N2O2/c1-13(20)18-16-4-6-17(7-5-16)21-9-3-2-8-19-11-14-10-15(14)12-19/h4-7,14-15H,2-3,8-12H2,1H3,(H,18,20). The quantitative estimate of drug-likeness (QED) is 0.784. The summed E-state index contributed by atoms with van der Waals surface area (Å²) in [4.78, 5) is 13.5. The fraction of sp³-hybridized carbons (Fsp3) is 0.588. The molecule has 2 fully saturated rings. The summed E-state index contributed by atoms with van der Waals surface area (Å²) in [5, 5.41) is 2.75. The van der Waals surface area contributed by atoms with Crippen LogP contribution in [0.1, 0.15) is 26.2 Å². The van der Waals surface area contributed by atoms with Gasteiger partial charge in [0.1, 0.15) is 5.75 Å². The SMILES string of the molecule is CC(=O)Nc1ccc(OCCCCN2CC3CC3C2)cc1. The molecule has 0 bridgehead atoms. The van der Waals surface area contributed by atoms with Crippen molar-refractivity contribution in [2.45, 2.75) is 26.2 Å². The van der Waals surface area contributed by atoms with E-state index >= 15 is 0 Å². The van der Waals surface area contributed by atoms with Crippen molar-refractivity contribution in [1.29, 1.82) is 0 Å². The Morgan fingerprint density at radius 1 is 1.24 bits per heavy atom. The predicted molar refractivity (Wildman–Crippen MR) is 83.5 cm³/mol. The third-order valence-electron chi connectivity index (χ3n) is 4.37. The lowest BCUT2D eigenvalue weighted by atomic mass is 10.3. The number of carbonyl (C=O) groups excluding carboxylic acids is 1. The Labute approximate surface area is 126 Å². The molecule has 1 aromatic rings. The summed E-state index contributed by atoms with van der Waals surface area (Å²) in [6.45, 7) is 6.15. The Kier molecular flexibility index (Phi) is 4.44. The number of unbranched alkanes of at least 4 members (excludes halogenated alkanes) is 1. The van der Waals surface area contributed by atoms with Crippen LogP contribution < -0.4 is 10.1 Å². The largest absolute Gasteiger partial charge is 0.494 e. The summed E-state index contributed by atoms with van der Waals surface area (Å²) in [6, 6.07) is 7.54. The van der Waals surface area contributed by atoms with E-state index in [2.05, 4.69) is 10.2 Å². The van der Waals surface area contributed by atoms with Gasteiger partial charge in [-0.05, 0) is 61.9 Å². The first-order chi connectivity index (χ1) is 10.2. The van der Waals surface area contributed by atoms with Gasteiger partial charge in [-0.25, -0.2) is 0 Å². The third-order valence-corrected chi connectivity index (χ3v) is 4.37. The molecule has 1 saturated carbocycles. The van der Waals surface area contributed by atoms with Crippen molar-refractivity contribution in [3.8, 4) is 5.75 Å². The van der Waals surface area contributed by atoms with Gasteiger partial charge in [-0.15, -0.1) is 0 Å². The second kappa shape index (κ2) is 6.48. The van der Waals surface area contributed by atoms with Crippen molar-refractivity contribution in [3.63, 3.8) is 0 Å². The Bertz CT molecular complexity index is 476. The third kappa shape index (κ3) is 4.21. The van der Waals surface area contributed by atoms with Crippen molar-refractivity contribution in [3.05, 3.63) is 24.3 Å². The van der Waals surface area contributed by atoms with Gasteiger partial charge in [0.15, 0.2) is 0 Å². The van der Waals surface area contributed by atoms with Gasteiger partial charge < -0.3 is 15.0 Å². The van der Waals surface area contributed by atoms with Crippen molar-refractivity contribution in [2.24, 2.45) is 11.8 Å². The average Bonchev–Trinajstić information content (AvgIpc) is 3.07. The highest BCUT2D eigenvalue weighted by Crippen LogP contribution is 2.44. The molecule has 1 N–H and O–H groups in total. The number of rotatable bonds is 7. The zero-order valence-electron chi connectivity index (χ0n) is 12.7. The van der Waals surface area contributed by atoms with Gasteiger partial charge in [-0.2, -0.15) is 0 Å². The van der Waals surface area contributed by atoms with E-state index in [1.165, 1.54) is 39.4 Å². The number of carbonyl (C=O) groups is 1. The van der Waals surface area contributed by atoms with Gasteiger partial charge >= 0.3 is 0 Å². The summed E-state index contributed by atoms with van der Waals surface area (Å²) < 4.78 is 5.73. The van der Waals surface area contributed by atoms with Crippen molar-refractivity contribution in [2.75, 3.05) is 31.6 Å². The number of ether oxygens (including phenoxy) is 1. The average molecular weight is 288 g/mol. The highest BCUT2D eigenvalue weighted by molar-refractivity contribution is 5.88. The summed E-state index contributed by atoms with van der Waals surface area (Å²) in [6.07, 6.45) is 3.79. The van der Waals surface area contributed by atoms with Gasteiger partial charge in [-0.1, -0.05) is 0 Å². The number of anilines is 1. The summed E-state index contributed by atoms with van der Waals surface area (Å²) in [7, 11) is 0. The number of hydrogen-bond donors (Lipinski definition) is 1. The molecule has 1 heterocycles. The molecule has 4 nitrogen and oxygen atoms in total. The number of piperidine rings is 1. The van der Waals surface area contributed by atoms with E-state index < -0.39 is 0 Å². The molecular formula is C17H24N2O2. The van der Waals surface area contributed by atoms with Gasteiger partial charge in [0.05, 0.1) is 6.61 Å². The normalized spacial score (nSPS) is 23.7. The van der Waals surface area contributed by atoms with Crippen LogP contribution in [0.5, 0.6) is 5.75 Å². The number of nitrogens with one attached hydrogen (secondary N) is 1. The fourth-order valence-electron chi connectivity index (χ4n) is 3.14. The molecule has 0 spiro atoms. The number of hydrogen-bond acceptors (Lipinski definition) is 3. The number of likely N-dealkylation sites (tertiary alicyclic amines) is 1. The van der Waals surface area contributed by atoms with Crippen LogP contribution in [0.3, 0.4) is 0 Å². The first-order valence-corrected chi connectivity index (χ1v) is 7.93. The Balaban J connectivity index is 1.29. The number of benzene rings is 1. The molecule has 21 heavy (non-hydrogen) atoms. The molecule has 0 radical (unpaired) electrons. The lowest BCUT2D eigenvalue weighted by Gasteiger charge is -2.16. The van der Waals surface area contributed by atoms with Crippen LogP contribution in [-0.2, 0) is 4.79 Å². The Hall–Kier alpha value is -1.55. The monoisotopic (exact) mass is 288 g/mol. The Morgan fingerprint density at radius 3 is 2.62 bits per heavy atom. The van der Waals surface area contributed by atoms with Crippen molar-refractivity contribution >= 4 is 11.6 Å². The molecule has 1 aliphatic heterocycles. The van der Waals surface area contributed by atoms with Gasteiger partial charge in [0.25, 0.3) is 0 Å². The number of fused-ring (bicyclic) bond motifs is 1. The zero-order chi connectivity index (χ0) is 14.7. The predicted octanol–water partition coefficient (Wildman–Crippen LogP) is 2.76. The molecule has 2 aliphatic rings. The second-order valence-corrected chi connectivity index (χ2v) is 6.28. The van der Waals surface area contributed by atoms with E-state index in [9.17, 15) is 4.79 Å². The Morgan fingerprint density at radius 2 is 1.95 bits per heavy atom. The van der Waals surface area contributed by atoms with Crippen LogP contribution >= 0.6 is 0 Å². The van der Waals surface area contributed by atoms with Crippen LogP contribution in [0.2, 0.25) is 0 Å². The number of amides is 1. The van der Waals surface area contributed by atoms with Crippen molar-refractivity contribution in [1.82, 2.24) is 4.90 Å².